The molecule has 0 bridgehead atoms. The van der Waals surface area contributed by atoms with Crippen LogP contribution in [0.3, 0.4) is 0 Å². The Morgan fingerprint density at radius 3 is 3.05 bits per heavy atom. The number of rotatable bonds is 3. The topological polar surface area (TPSA) is 80.1 Å². The number of nitro benzene ring substituents is 1. The molecule has 1 aliphatic rings. The third kappa shape index (κ3) is 2.94. The van der Waals surface area contributed by atoms with Gasteiger partial charge < -0.3 is 10.6 Å². The molecular weight excluding hydrogens is 288 g/mol. The lowest BCUT2D eigenvalue weighted by atomic mass is 10.3. The summed E-state index contributed by atoms with van der Waals surface area (Å²) in [7, 11) is 0. The molecule has 0 spiro atoms. The van der Waals surface area contributed by atoms with Crippen LogP contribution in [0.15, 0.2) is 18.2 Å². The highest BCUT2D eigenvalue weighted by Crippen LogP contribution is 2.29. The van der Waals surface area contributed by atoms with Gasteiger partial charge in [0.2, 0.25) is 0 Å². The van der Waals surface area contributed by atoms with E-state index in [1.54, 1.807) is 6.07 Å². The number of benzene rings is 1. The van der Waals surface area contributed by atoms with Crippen molar-refractivity contribution in [3.63, 3.8) is 0 Å². The molecule has 19 heavy (non-hydrogen) atoms. The molecule has 1 fully saturated rings. The molecule has 1 saturated heterocycles. The van der Waals surface area contributed by atoms with Crippen molar-refractivity contribution in [1.82, 2.24) is 10.3 Å². The van der Waals surface area contributed by atoms with Gasteiger partial charge in [-0.15, -0.1) is 12.4 Å². The predicted octanol–water partition coefficient (Wildman–Crippen LogP) is 2.40. The second-order valence-electron chi connectivity index (χ2n) is 4.26. The molecule has 0 aliphatic carbocycles. The van der Waals surface area contributed by atoms with Gasteiger partial charge in [0.1, 0.15) is 0 Å². The van der Waals surface area contributed by atoms with E-state index in [1.807, 2.05) is 0 Å². The van der Waals surface area contributed by atoms with Crippen molar-refractivity contribution >= 4 is 44.8 Å². The Bertz CT molecular complexity index is 597. The maximum Gasteiger partial charge on any atom is 0.271 e. The fourth-order valence-electron chi connectivity index (χ4n) is 2.04. The average Bonchev–Trinajstić information content (AvgIpc) is 2.96. The minimum atomic E-state index is -0.396. The number of non-ortho nitro benzene ring substituents is 1. The normalized spacial score (nSPS) is 18.2. The van der Waals surface area contributed by atoms with Crippen molar-refractivity contribution in [3.05, 3.63) is 28.3 Å². The summed E-state index contributed by atoms with van der Waals surface area (Å²) in [6.07, 6.45) is 1.08. The Labute approximate surface area is 119 Å². The largest absolute Gasteiger partial charge is 0.357 e. The van der Waals surface area contributed by atoms with E-state index in [9.17, 15) is 10.1 Å². The summed E-state index contributed by atoms with van der Waals surface area (Å²) < 4.78 is 0.967. The van der Waals surface area contributed by atoms with Gasteiger partial charge >= 0.3 is 0 Å². The zero-order valence-corrected chi connectivity index (χ0v) is 11.6. The predicted molar refractivity (Wildman–Crippen MR) is 78.4 cm³/mol. The summed E-state index contributed by atoms with van der Waals surface area (Å²) >= 11 is 1.53. The number of aromatic nitrogens is 1. The highest BCUT2D eigenvalue weighted by atomic mass is 35.5. The van der Waals surface area contributed by atoms with E-state index in [-0.39, 0.29) is 18.1 Å². The molecule has 1 atom stereocenters. The standard InChI is InChI=1S/C11H12N4O2S.ClH/c16-15(17)8-1-2-10-9(5-8)14-11(18-10)13-7-3-4-12-6-7;/h1-2,5,7,12H,3-4,6H2,(H,13,14);1H. The van der Waals surface area contributed by atoms with E-state index >= 15 is 0 Å². The van der Waals surface area contributed by atoms with Crippen LogP contribution < -0.4 is 10.6 Å². The molecule has 102 valence electrons. The quantitative estimate of drug-likeness (QED) is 0.672. The van der Waals surface area contributed by atoms with Gasteiger partial charge in [0.15, 0.2) is 5.13 Å². The summed E-state index contributed by atoms with van der Waals surface area (Å²) in [6, 6.07) is 5.19. The second kappa shape index (κ2) is 5.68. The molecule has 1 unspecified atom stereocenters. The van der Waals surface area contributed by atoms with Gasteiger partial charge in [-0.3, -0.25) is 10.1 Å². The first-order chi connectivity index (χ1) is 8.72. The van der Waals surface area contributed by atoms with Crippen molar-refractivity contribution in [2.24, 2.45) is 0 Å². The van der Waals surface area contributed by atoms with Crippen LogP contribution in [0.25, 0.3) is 10.2 Å². The van der Waals surface area contributed by atoms with E-state index in [4.69, 9.17) is 0 Å². The Morgan fingerprint density at radius 1 is 1.53 bits per heavy atom. The second-order valence-corrected chi connectivity index (χ2v) is 5.29. The van der Waals surface area contributed by atoms with Gasteiger partial charge in [-0.1, -0.05) is 11.3 Å². The van der Waals surface area contributed by atoms with E-state index < -0.39 is 4.92 Å². The van der Waals surface area contributed by atoms with Gasteiger partial charge in [0, 0.05) is 24.7 Å². The lowest BCUT2D eigenvalue weighted by Gasteiger charge is -2.08. The van der Waals surface area contributed by atoms with E-state index in [0.717, 1.165) is 29.3 Å². The van der Waals surface area contributed by atoms with Gasteiger partial charge in [-0.2, -0.15) is 0 Å². The fourth-order valence-corrected chi connectivity index (χ4v) is 2.97. The molecular formula is C11H13ClN4O2S. The Balaban J connectivity index is 0.00000133. The number of fused-ring (bicyclic) bond motifs is 1. The van der Waals surface area contributed by atoms with Crippen LogP contribution in [-0.4, -0.2) is 29.0 Å². The minimum absolute atomic E-state index is 0. The number of anilines is 1. The summed E-state index contributed by atoms with van der Waals surface area (Å²) in [4.78, 5) is 14.7. The summed E-state index contributed by atoms with van der Waals surface area (Å²) in [5.41, 5.74) is 0.768. The highest BCUT2D eigenvalue weighted by Gasteiger charge is 2.16. The van der Waals surface area contributed by atoms with Gasteiger partial charge in [-0.25, -0.2) is 4.98 Å². The Morgan fingerprint density at radius 2 is 2.37 bits per heavy atom. The first-order valence-corrected chi connectivity index (χ1v) is 6.56. The molecule has 3 rings (SSSR count). The van der Waals surface area contributed by atoms with Crippen molar-refractivity contribution in [2.75, 3.05) is 18.4 Å². The van der Waals surface area contributed by atoms with Crippen LogP contribution in [-0.2, 0) is 0 Å². The van der Waals surface area contributed by atoms with Crippen LogP contribution in [0.4, 0.5) is 10.8 Å². The Kier molecular flexibility index (Phi) is 4.18. The third-order valence-electron chi connectivity index (χ3n) is 2.97. The highest BCUT2D eigenvalue weighted by molar-refractivity contribution is 7.22. The van der Waals surface area contributed by atoms with Gasteiger partial charge in [0.05, 0.1) is 15.1 Å². The molecule has 1 aromatic carbocycles. The molecule has 0 saturated carbocycles. The Hall–Kier alpha value is -1.44. The third-order valence-corrected chi connectivity index (χ3v) is 3.94. The summed E-state index contributed by atoms with van der Waals surface area (Å²) in [5.74, 6) is 0. The number of halogens is 1. The molecule has 1 aromatic heterocycles. The van der Waals surface area contributed by atoms with Crippen LogP contribution in [0.2, 0.25) is 0 Å². The summed E-state index contributed by atoms with van der Waals surface area (Å²) in [5, 5.41) is 18.1. The van der Waals surface area contributed by atoms with Crippen molar-refractivity contribution < 1.29 is 4.92 Å². The van der Waals surface area contributed by atoms with Crippen molar-refractivity contribution in [1.29, 1.82) is 0 Å². The first-order valence-electron chi connectivity index (χ1n) is 5.74. The minimum Gasteiger partial charge on any atom is -0.357 e. The van der Waals surface area contributed by atoms with Gasteiger partial charge in [0.25, 0.3) is 5.69 Å². The number of thiazole rings is 1. The van der Waals surface area contributed by atoms with E-state index in [0.29, 0.717) is 11.6 Å². The van der Waals surface area contributed by atoms with Crippen LogP contribution in [0.1, 0.15) is 6.42 Å². The zero-order valence-electron chi connectivity index (χ0n) is 9.96. The van der Waals surface area contributed by atoms with Crippen LogP contribution in [0, 0.1) is 10.1 Å². The molecule has 0 amide bonds. The van der Waals surface area contributed by atoms with E-state index in [1.165, 1.54) is 23.5 Å². The molecule has 2 heterocycles. The van der Waals surface area contributed by atoms with Crippen molar-refractivity contribution in [3.8, 4) is 0 Å². The maximum absolute atomic E-state index is 10.7. The maximum atomic E-state index is 10.7. The number of nitrogens with one attached hydrogen (secondary N) is 2. The van der Waals surface area contributed by atoms with Crippen LogP contribution >= 0.6 is 23.7 Å². The lowest BCUT2D eigenvalue weighted by molar-refractivity contribution is -0.384. The molecule has 2 N–H and O–H groups in total. The lowest BCUT2D eigenvalue weighted by Crippen LogP contribution is -2.21. The SMILES string of the molecule is Cl.O=[N+]([O-])c1ccc2sc(NC3CCNC3)nc2c1. The van der Waals surface area contributed by atoms with Crippen LogP contribution in [0.5, 0.6) is 0 Å². The van der Waals surface area contributed by atoms with Crippen molar-refractivity contribution in [2.45, 2.75) is 12.5 Å². The fraction of sp³-hybridized carbons (Fsp3) is 0.364. The van der Waals surface area contributed by atoms with Gasteiger partial charge in [-0.05, 0) is 19.0 Å². The number of hydrogen-bond acceptors (Lipinski definition) is 6. The number of nitro groups is 1. The molecule has 0 radical (unpaired) electrons. The summed E-state index contributed by atoms with van der Waals surface area (Å²) in [6.45, 7) is 1.96. The first kappa shape index (κ1) is 14.0. The molecule has 2 aromatic rings. The number of nitrogens with zero attached hydrogens (tertiary/aromatic N) is 2. The molecule has 8 heteroatoms. The molecule has 1 aliphatic heterocycles. The molecule has 6 nitrogen and oxygen atoms in total. The van der Waals surface area contributed by atoms with E-state index in [2.05, 4.69) is 15.6 Å². The smallest absolute Gasteiger partial charge is 0.271 e. The zero-order chi connectivity index (χ0) is 12.5. The number of hydrogen-bond donors (Lipinski definition) is 2. The average molecular weight is 301 g/mol. The monoisotopic (exact) mass is 300 g/mol.